The Morgan fingerprint density at radius 2 is 2.09 bits per heavy atom. The number of carboxylic acid groups (broad SMARTS) is 1. The summed E-state index contributed by atoms with van der Waals surface area (Å²) in [6.07, 6.45) is 4.05. The molecular formula is C16H17N3O3. The van der Waals surface area contributed by atoms with E-state index in [0.717, 1.165) is 16.9 Å². The van der Waals surface area contributed by atoms with Gasteiger partial charge in [0, 0.05) is 11.6 Å². The monoisotopic (exact) mass is 299 g/mol. The van der Waals surface area contributed by atoms with E-state index in [1.165, 1.54) is 19.3 Å². The van der Waals surface area contributed by atoms with Crippen molar-refractivity contribution in [1.82, 2.24) is 9.97 Å². The molecule has 0 bridgehead atoms. The fraction of sp³-hybridized carbons (Fsp3) is 0.438. The van der Waals surface area contributed by atoms with E-state index in [1.54, 1.807) is 0 Å². The van der Waals surface area contributed by atoms with Crippen LogP contribution in [0.1, 0.15) is 37.4 Å². The maximum absolute atomic E-state index is 12.0. The topological polar surface area (TPSA) is 95.1 Å². The Labute approximate surface area is 126 Å². The van der Waals surface area contributed by atoms with E-state index in [-0.39, 0.29) is 5.91 Å². The van der Waals surface area contributed by atoms with Crippen LogP contribution in [-0.2, 0) is 9.59 Å². The normalized spacial score (nSPS) is 24.0. The first-order valence-corrected chi connectivity index (χ1v) is 7.65. The van der Waals surface area contributed by atoms with Crippen molar-refractivity contribution < 1.29 is 14.7 Å². The number of nitrogens with zero attached hydrogens (tertiary/aromatic N) is 1. The Morgan fingerprint density at radius 3 is 2.73 bits per heavy atom. The van der Waals surface area contributed by atoms with Crippen LogP contribution < -0.4 is 5.32 Å². The van der Waals surface area contributed by atoms with Gasteiger partial charge in [-0.15, -0.1) is 0 Å². The molecule has 2 saturated carbocycles. The summed E-state index contributed by atoms with van der Waals surface area (Å²) in [6, 6.07) is 5.55. The summed E-state index contributed by atoms with van der Waals surface area (Å²) in [7, 11) is 0. The van der Waals surface area contributed by atoms with Crippen LogP contribution in [0.25, 0.3) is 11.0 Å². The van der Waals surface area contributed by atoms with Crippen molar-refractivity contribution in [2.45, 2.75) is 31.6 Å². The molecule has 0 aliphatic heterocycles. The number of hydrogen-bond acceptors (Lipinski definition) is 3. The molecule has 6 nitrogen and oxygen atoms in total. The zero-order valence-electron chi connectivity index (χ0n) is 12.0. The van der Waals surface area contributed by atoms with Gasteiger partial charge in [-0.1, -0.05) is 6.42 Å². The van der Waals surface area contributed by atoms with E-state index in [2.05, 4.69) is 15.3 Å². The zero-order chi connectivity index (χ0) is 15.3. The van der Waals surface area contributed by atoms with Gasteiger partial charge in [-0.25, -0.2) is 4.98 Å². The fourth-order valence-electron chi connectivity index (χ4n) is 2.97. The van der Waals surface area contributed by atoms with Crippen LogP contribution in [0.4, 0.5) is 5.69 Å². The number of rotatable bonds is 4. The Hall–Kier alpha value is -2.37. The lowest BCUT2D eigenvalue weighted by Gasteiger charge is -2.22. The molecular weight excluding hydrogens is 282 g/mol. The number of H-pyrrole nitrogens is 1. The Balaban J connectivity index is 1.50. The maximum atomic E-state index is 12.0. The van der Waals surface area contributed by atoms with Gasteiger partial charge in [0.05, 0.1) is 22.9 Å². The third-order valence-corrected chi connectivity index (χ3v) is 4.70. The number of amides is 1. The summed E-state index contributed by atoms with van der Waals surface area (Å²) in [4.78, 5) is 30.7. The van der Waals surface area contributed by atoms with Gasteiger partial charge in [0.2, 0.25) is 5.91 Å². The van der Waals surface area contributed by atoms with Crippen molar-refractivity contribution in [2.24, 2.45) is 11.8 Å². The molecule has 1 aromatic carbocycles. The number of carbonyl (C=O) groups excluding carboxylic acids is 1. The van der Waals surface area contributed by atoms with Crippen LogP contribution in [0, 0.1) is 11.8 Å². The largest absolute Gasteiger partial charge is 0.481 e. The highest BCUT2D eigenvalue weighted by Gasteiger charge is 2.48. The lowest BCUT2D eigenvalue weighted by Crippen LogP contribution is -2.16. The molecule has 0 unspecified atom stereocenters. The number of anilines is 1. The van der Waals surface area contributed by atoms with Crippen LogP contribution >= 0.6 is 0 Å². The van der Waals surface area contributed by atoms with E-state index in [4.69, 9.17) is 5.11 Å². The van der Waals surface area contributed by atoms with Crippen molar-refractivity contribution in [3.8, 4) is 0 Å². The van der Waals surface area contributed by atoms with Gasteiger partial charge in [-0.05, 0) is 37.5 Å². The summed E-state index contributed by atoms with van der Waals surface area (Å²) in [5.74, 6) is -0.479. The highest BCUT2D eigenvalue weighted by atomic mass is 16.4. The second-order valence-electron chi connectivity index (χ2n) is 6.26. The summed E-state index contributed by atoms with van der Waals surface area (Å²) < 4.78 is 0. The number of imidazole rings is 1. The minimum Gasteiger partial charge on any atom is -0.481 e. The highest BCUT2D eigenvalue weighted by Crippen LogP contribution is 2.39. The fourth-order valence-corrected chi connectivity index (χ4v) is 2.97. The van der Waals surface area contributed by atoms with Crippen molar-refractivity contribution in [2.75, 3.05) is 5.32 Å². The average Bonchev–Trinajstić information content (AvgIpc) is 3.12. The number of aliphatic carboxylic acids is 1. The molecule has 6 heteroatoms. The van der Waals surface area contributed by atoms with Crippen molar-refractivity contribution in [1.29, 1.82) is 0 Å². The van der Waals surface area contributed by atoms with Gasteiger partial charge >= 0.3 is 5.97 Å². The van der Waals surface area contributed by atoms with Crippen molar-refractivity contribution >= 4 is 28.6 Å². The standard InChI is InChI=1S/C16H17N3O3/c20-15(10-7-11(10)16(21)22)17-9-4-5-12-13(6-9)19-14(18-12)8-2-1-3-8/h4-6,8,10-11H,1-3,7H2,(H,17,20)(H,18,19)(H,21,22)/t10-,11+/m0/s1. The smallest absolute Gasteiger partial charge is 0.307 e. The number of fused-ring (bicyclic) bond motifs is 1. The van der Waals surface area contributed by atoms with Gasteiger partial charge in [-0.2, -0.15) is 0 Å². The van der Waals surface area contributed by atoms with Crippen molar-refractivity contribution in [3.63, 3.8) is 0 Å². The third kappa shape index (κ3) is 2.24. The number of aromatic amines is 1. The highest BCUT2D eigenvalue weighted by molar-refractivity contribution is 5.99. The van der Waals surface area contributed by atoms with E-state index in [1.807, 2.05) is 18.2 Å². The number of nitrogens with one attached hydrogen (secondary N) is 2. The van der Waals surface area contributed by atoms with E-state index >= 15 is 0 Å². The molecule has 114 valence electrons. The van der Waals surface area contributed by atoms with Gasteiger partial charge < -0.3 is 15.4 Å². The molecule has 1 heterocycles. The number of carboxylic acids is 1. The van der Waals surface area contributed by atoms with Crippen LogP contribution in [0.2, 0.25) is 0 Å². The molecule has 0 spiro atoms. The lowest BCUT2D eigenvalue weighted by molar-refractivity contribution is -0.139. The van der Waals surface area contributed by atoms with E-state index in [9.17, 15) is 9.59 Å². The molecule has 4 rings (SSSR count). The Bertz CT molecular complexity index is 763. The number of aromatic nitrogens is 2. The number of carbonyl (C=O) groups is 2. The molecule has 2 aliphatic rings. The van der Waals surface area contributed by atoms with Gasteiger partial charge in [0.15, 0.2) is 0 Å². The first-order chi connectivity index (χ1) is 10.6. The molecule has 0 saturated heterocycles. The maximum Gasteiger partial charge on any atom is 0.307 e. The van der Waals surface area contributed by atoms with Crippen LogP contribution in [0.5, 0.6) is 0 Å². The minimum atomic E-state index is -0.894. The summed E-state index contributed by atoms with van der Waals surface area (Å²) >= 11 is 0. The van der Waals surface area contributed by atoms with Gasteiger partial charge in [-0.3, -0.25) is 9.59 Å². The predicted octanol–water partition coefficient (Wildman–Crippen LogP) is 2.49. The predicted molar refractivity (Wildman–Crippen MR) is 80.5 cm³/mol. The lowest BCUT2D eigenvalue weighted by atomic mass is 9.85. The van der Waals surface area contributed by atoms with Crippen molar-refractivity contribution in [3.05, 3.63) is 24.0 Å². The molecule has 2 aliphatic carbocycles. The molecule has 2 fully saturated rings. The summed E-state index contributed by atoms with van der Waals surface area (Å²) in [5.41, 5.74) is 2.48. The van der Waals surface area contributed by atoms with Gasteiger partial charge in [0.1, 0.15) is 5.82 Å². The first kappa shape index (κ1) is 13.3. The third-order valence-electron chi connectivity index (χ3n) is 4.70. The minimum absolute atomic E-state index is 0.217. The number of benzene rings is 1. The summed E-state index contributed by atoms with van der Waals surface area (Å²) in [5, 5.41) is 11.7. The molecule has 0 radical (unpaired) electrons. The molecule has 2 aromatic rings. The SMILES string of the molecule is O=C(Nc1ccc2nc(C3CCC3)[nH]c2c1)[C@H]1C[C@H]1C(=O)O. The molecule has 3 N–H and O–H groups in total. The van der Waals surface area contributed by atoms with Crippen LogP contribution in [0.3, 0.4) is 0 Å². The molecule has 22 heavy (non-hydrogen) atoms. The average molecular weight is 299 g/mol. The van der Waals surface area contributed by atoms with E-state index in [0.29, 0.717) is 18.0 Å². The quantitative estimate of drug-likeness (QED) is 0.808. The van der Waals surface area contributed by atoms with E-state index < -0.39 is 17.8 Å². The van der Waals surface area contributed by atoms with Crippen LogP contribution in [0.15, 0.2) is 18.2 Å². The Morgan fingerprint density at radius 1 is 1.27 bits per heavy atom. The zero-order valence-corrected chi connectivity index (χ0v) is 12.0. The molecule has 1 amide bonds. The summed E-state index contributed by atoms with van der Waals surface area (Å²) in [6.45, 7) is 0. The molecule has 1 aromatic heterocycles. The van der Waals surface area contributed by atoms with Crippen LogP contribution in [-0.4, -0.2) is 27.0 Å². The second-order valence-corrected chi connectivity index (χ2v) is 6.26. The second kappa shape index (κ2) is 4.83. The number of hydrogen-bond donors (Lipinski definition) is 3. The Kier molecular flexibility index (Phi) is 2.92. The van der Waals surface area contributed by atoms with Gasteiger partial charge in [0.25, 0.3) is 0 Å². The first-order valence-electron chi connectivity index (χ1n) is 7.65. The molecule has 2 atom stereocenters.